The highest BCUT2D eigenvalue weighted by Gasteiger charge is 2.53. The fourth-order valence-corrected chi connectivity index (χ4v) is 11.6. The van der Waals surface area contributed by atoms with Crippen LogP contribution in [0.5, 0.6) is 0 Å². The van der Waals surface area contributed by atoms with Gasteiger partial charge in [0.15, 0.2) is 5.82 Å². The lowest BCUT2D eigenvalue weighted by Gasteiger charge is -2.32. The normalized spacial score (nSPS) is 13.1. The van der Waals surface area contributed by atoms with Crippen molar-refractivity contribution in [2.24, 2.45) is 0 Å². The Kier molecular flexibility index (Phi) is 7.32. The number of fused-ring (bicyclic) bond motifs is 18. The van der Waals surface area contributed by atoms with Gasteiger partial charge in [-0.25, -0.2) is 9.97 Å². The van der Waals surface area contributed by atoms with E-state index in [2.05, 4.69) is 229 Å². The molecule has 0 saturated heterocycles. The number of benzene rings is 10. The van der Waals surface area contributed by atoms with Crippen LogP contribution in [0.25, 0.3) is 105 Å². The van der Waals surface area contributed by atoms with Crippen LogP contribution in [-0.4, -0.2) is 14.5 Å². The Hall–Kier alpha value is -8.40. The summed E-state index contributed by atoms with van der Waals surface area (Å²) in [5.41, 5.74) is 19.3. The van der Waals surface area contributed by atoms with Crippen molar-refractivity contribution in [1.82, 2.24) is 14.5 Å². The first-order valence-electron chi connectivity index (χ1n) is 22.1. The first-order valence-corrected chi connectivity index (χ1v) is 22.1. The van der Waals surface area contributed by atoms with Gasteiger partial charge in [-0.1, -0.05) is 206 Å². The monoisotopic (exact) mass is 811 g/mol. The maximum absolute atomic E-state index is 5.57. The van der Waals surface area contributed by atoms with E-state index >= 15 is 0 Å². The van der Waals surface area contributed by atoms with Crippen LogP contribution in [0, 0.1) is 0 Å². The number of hydrogen-bond acceptors (Lipinski definition) is 2. The lowest BCUT2D eigenvalue weighted by molar-refractivity contribution is 0.797. The maximum atomic E-state index is 5.57. The standard InChI is InChI=1S/C61H37N3/c1-3-20-38(21-4-1)40-31-19-32-48(60-62-52-36-17-12-29-46(52)57(63-60)39-22-5-2-6-23-39)58(40)64-53-37-18-13-30-47(53)55-44-27-8-7-26-43(44)54-45-28-11-16-35-51(45)61(56(54)59(55)64)49-33-14-9-24-41(49)42-25-10-15-34-50(42)61/h1-37H. The minimum Gasteiger partial charge on any atom is -0.307 e. The van der Waals surface area contributed by atoms with Crippen molar-refractivity contribution in [2.75, 3.05) is 0 Å². The zero-order chi connectivity index (χ0) is 41.9. The Morgan fingerprint density at radius 2 is 0.875 bits per heavy atom. The van der Waals surface area contributed by atoms with Gasteiger partial charge in [0.1, 0.15) is 0 Å². The van der Waals surface area contributed by atoms with Crippen LogP contribution < -0.4 is 0 Å². The first-order chi connectivity index (χ1) is 31.8. The van der Waals surface area contributed by atoms with Crippen molar-refractivity contribution in [2.45, 2.75) is 5.41 Å². The first kappa shape index (κ1) is 35.2. The van der Waals surface area contributed by atoms with Crippen LogP contribution in [0.1, 0.15) is 22.3 Å². The van der Waals surface area contributed by atoms with Crippen molar-refractivity contribution in [3.8, 4) is 61.7 Å². The fourth-order valence-electron chi connectivity index (χ4n) is 11.6. The van der Waals surface area contributed by atoms with E-state index in [1.807, 2.05) is 0 Å². The van der Waals surface area contributed by atoms with Crippen LogP contribution >= 0.6 is 0 Å². The molecule has 0 aliphatic heterocycles. The second-order valence-electron chi connectivity index (χ2n) is 17.1. The van der Waals surface area contributed by atoms with Gasteiger partial charge in [0.25, 0.3) is 0 Å². The quantitative estimate of drug-likeness (QED) is 0.177. The molecule has 10 aromatic carbocycles. The molecule has 2 aliphatic carbocycles. The van der Waals surface area contributed by atoms with Crippen LogP contribution in [0.3, 0.4) is 0 Å². The molecule has 2 aromatic heterocycles. The molecule has 2 aliphatic rings. The van der Waals surface area contributed by atoms with E-state index in [1.165, 1.54) is 71.6 Å². The van der Waals surface area contributed by atoms with E-state index in [-0.39, 0.29) is 0 Å². The van der Waals surface area contributed by atoms with Crippen LogP contribution in [0.15, 0.2) is 224 Å². The van der Waals surface area contributed by atoms with Crippen LogP contribution in [0.4, 0.5) is 0 Å². The molecule has 0 bridgehead atoms. The number of para-hydroxylation sites is 3. The molecule has 12 aromatic rings. The molecule has 0 N–H and O–H groups in total. The molecule has 1 spiro atoms. The Morgan fingerprint density at radius 1 is 0.359 bits per heavy atom. The van der Waals surface area contributed by atoms with Crippen molar-refractivity contribution in [3.63, 3.8) is 0 Å². The van der Waals surface area contributed by atoms with Crippen LogP contribution in [-0.2, 0) is 5.41 Å². The molecule has 3 nitrogen and oxygen atoms in total. The zero-order valence-electron chi connectivity index (χ0n) is 34.7. The molecular formula is C61H37N3. The van der Waals surface area contributed by atoms with E-state index in [4.69, 9.17) is 9.97 Å². The van der Waals surface area contributed by atoms with E-state index in [0.717, 1.165) is 50.1 Å². The summed E-state index contributed by atoms with van der Waals surface area (Å²) < 4.78 is 2.60. The largest absolute Gasteiger partial charge is 0.307 e. The molecule has 0 radical (unpaired) electrons. The zero-order valence-corrected chi connectivity index (χ0v) is 34.7. The van der Waals surface area contributed by atoms with Crippen molar-refractivity contribution >= 4 is 43.5 Å². The molecule has 0 unspecified atom stereocenters. The smallest absolute Gasteiger partial charge is 0.162 e. The SMILES string of the molecule is c1ccc(-c2cccc(-c3nc(-c4ccccc4)c4ccccc4n3)c2-n2c3ccccc3c3c4ccccc4c4c(c32)C2(c3ccccc3-c3ccccc32)c2ccccc2-4)cc1. The Morgan fingerprint density at radius 3 is 1.59 bits per heavy atom. The Bertz CT molecular complexity index is 3850. The lowest BCUT2D eigenvalue weighted by atomic mass is 9.70. The van der Waals surface area contributed by atoms with E-state index in [0.29, 0.717) is 5.82 Å². The summed E-state index contributed by atoms with van der Waals surface area (Å²) >= 11 is 0. The molecule has 14 rings (SSSR count). The lowest BCUT2D eigenvalue weighted by Crippen LogP contribution is -2.26. The van der Waals surface area contributed by atoms with Gasteiger partial charge >= 0.3 is 0 Å². The Labute approximate surface area is 370 Å². The number of aromatic nitrogens is 3. The van der Waals surface area contributed by atoms with Crippen molar-refractivity contribution in [3.05, 3.63) is 247 Å². The van der Waals surface area contributed by atoms with E-state index in [9.17, 15) is 0 Å². The fraction of sp³-hybridized carbons (Fsp3) is 0.0164. The molecule has 0 saturated carbocycles. The topological polar surface area (TPSA) is 30.7 Å². The molecule has 64 heavy (non-hydrogen) atoms. The van der Waals surface area contributed by atoms with Crippen molar-refractivity contribution in [1.29, 1.82) is 0 Å². The van der Waals surface area contributed by atoms with E-state index < -0.39 is 5.41 Å². The number of hydrogen-bond donors (Lipinski definition) is 0. The highest BCUT2D eigenvalue weighted by atomic mass is 15.0. The average Bonchev–Trinajstić information content (AvgIpc) is 3.99. The minimum absolute atomic E-state index is 0.602. The van der Waals surface area contributed by atoms with Crippen molar-refractivity contribution < 1.29 is 0 Å². The second kappa shape index (κ2) is 13.3. The molecular weight excluding hydrogens is 775 g/mol. The highest BCUT2D eigenvalue weighted by Crippen LogP contribution is 2.66. The summed E-state index contributed by atoms with van der Waals surface area (Å²) in [7, 11) is 0. The summed E-state index contributed by atoms with van der Waals surface area (Å²) in [6.45, 7) is 0. The maximum Gasteiger partial charge on any atom is 0.162 e. The number of nitrogens with zero attached hydrogens (tertiary/aromatic N) is 3. The van der Waals surface area contributed by atoms with Crippen LogP contribution in [0.2, 0.25) is 0 Å². The summed E-state index contributed by atoms with van der Waals surface area (Å²) in [6.07, 6.45) is 0. The molecule has 2 heterocycles. The molecule has 296 valence electrons. The van der Waals surface area contributed by atoms with Gasteiger partial charge in [-0.15, -0.1) is 0 Å². The third-order valence-corrected chi connectivity index (χ3v) is 14.0. The molecule has 0 fully saturated rings. The van der Waals surface area contributed by atoms with E-state index in [1.54, 1.807) is 0 Å². The second-order valence-corrected chi connectivity index (χ2v) is 17.1. The predicted octanol–water partition coefficient (Wildman–Crippen LogP) is 15.2. The third kappa shape index (κ3) is 4.60. The van der Waals surface area contributed by atoms with Gasteiger partial charge in [-0.3, -0.25) is 0 Å². The Balaban J connectivity index is 1.23. The summed E-state index contributed by atoms with van der Waals surface area (Å²) in [6, 6.07) is 82.0. The van der Waals surface area contributed by atoms with Gasteiger partial charge in [-0.2, -0.15) is 0 Å². The summed E-state index contributed by atoms with van der Waals surface area (Å²) in [4.78, 5) is 11.0. The van der Waals surface area contributed by atoms with Gasteiger partial charge in [-0.05, 0) is 73.5 Å². The van der Waals surface area contributed by atoms with Gasteiger partial charge < -0.3 is 4.57 Å². The van der Waals surface area contributed by atoms with Gasteiger partial charge in [0.2, 0.25) is 0 Å². The van der Waals surface area contributed by atoms with Gasteiger partial charge in [0.05, 0.1) is 33.3 Å². The molecule has 0 atom stereocenters. The molecule has 3 heteroatoms. The highest BCUT2D eigenvalue weighted by molar-refractivity contribution is 6.28. The predicted molar refractivity (Wildman–Crippen MR) is 264 cm³/mol. The minimum atomic E-state index is -0.602. The summed E-state index contributed by atoms with van der Waals surface area (Å²) in [5.74, 6) is 0.684. The third-order valence-electron chi connectivity index (χ3n) is 14.0. The average molecular weight is 812 g/mol. The number of rotatable bonds is 4. The molecule has 0 amide bonds. The van der Waals surface area contributed by atoms with Gasteiger partial charge in [0, 0.05) is 38.4 Å². The summed E-state index contributed by atoms with van der Waals surface area (Å²) in [5, 5.41) is 5.99.